The molecule has 1 saturated carbocycles. The topological polar surface area (TPSA) is 96.0 Å². The van der Waals surface area contributed by atoms with E-state index < -0.39 is 28.5 Å². The highest BCUT2D eigenvalue weighted by atomic mass is 32.2. The minimum atomic E-state index is -4.13. The highest BCUT2D eigenvalue weighted by Gasteiger charge is 2.34. The van der Waals surface area contributed by atoms with Crippen LogP contribution in [0.2, 0.25) is 0 Å². The first-order valence-electron chi connectivity index (χ1n) is 15.2. The Morgan fingerprint density at radius 2 is 1.56 bits per heavy atom. The quantitative estimate of drug-likeness (QED) is 0.264. The van der Waals surface area contributed by atoms with Crippen LogP contribution in [0.25, 0.3) is 0 Å². The molecule has 43 heavy (non-hydrogen) atoms. The number of amides is 2. The molecule has 1 fully saturated rings. The van der Waals surface area contributed by atoms with E-state index in [9.17, 15) is 18.0 Å². The molecule has 1 N–H and O–H groups in total. The molecule has 230 valence electrons. The Labute approximate surface area is 256 Å². The van der Waals surface area contributed by atoms with E-state index in [4.69, 9.17) is 4.74 Å². The number of hydrogen-bond donors (Lipinski definition) is 1. The Balaban J connectivity index is 1.69. The van der Waals surface area contributed by atoms with Crippen LogP contribution in [-0.4, -0.2) is 50.4 Å². The molecule has 9 heteroatoms. The molecule has 0 unspecified atom stereocenters. The molecule has 0 spiro atoms. The van der Waals surface area contributed by atoms with Gasteiger partial charge < -0.3 is 15.0 Å². The number of rotatable bonds is 13. The Bertz CT molecular complexity index is 1440. The summed E-state index contributed by atoms with van der Waals surface area (Å²) < 4.78 is 34.8. The molecular weight excluding hydrogens is 562 g/mol. The predicted octanol–water partition coefficient (Wildman–Crippen LogP) is 5.85. The van der Waals surface area contributed by atoms with Gasteiger partial charge in [0.25, 0.3) is 10.0 Å². The maximum absolute atomic E-state index is 14.2. The first kappa shape index (κ1) is 32.1. The fourth-order valence-corrected chi connectivity index (χ4v) is 6.90. The van der Waals surface area contributed by atoms with Crippen LogP contribution in [0.3, 0.4) is 0 Å². The standard InChI is InChI=1S/C34H43N3O5S/c1-4-32(34(39)35-28-14-10-7-11-15-28)36(24-27-12-8-6-9-13-27)33(38)25-37(29-18-20-30(21-19-29)42-5-2)43(40,41)31-22-16-26(3)17-23-31/h6,8-9,12-13,16-23,28,32H,4-5,7,10-11,14-15,24-25H2,1-3H3,(H,35,39)/t32-/m1/s1. The van der Waals surface area contributed by atoms with Crippen LogP contribution in [0.5, 0.6) is 5.75 Å². The summed E-state index contributed by atoms with van der Waals surface area (Å²) >= 11 is 0. The number of ether oxygens (including phenoxy) is 1. The van der Waals surface area contributed by atoms with Gasteiger partial charge in [-0.15, -0.1) is 0 Å². The van der Waals surface area contributed by atoms with Crippen molar-refractivity contribution in [3.05, 3.63) is 90.0 Å². The van der Waals surface area contributed by atoms with Gasteiger partial charge in [-0.25, -0.2) is 8.42 Å². The van der Waals surface area contributed by atoms with Crippen molar-refractivity contribution in [2.24, 2.45) is 0 Å². The van der Waals surface area contributed by atoms with Gasteiger partial charge in [-0.1, -0.05) is 74.2 Å². The zero-order valence-corrected chi connectivity index (χ0v) is 26.2. The molecule has 0 heterocycles. The van der Waals surface area contributed by atoms with Crippen molar-refractivity contribution in [2.75, 3.05) is 17.5 Å². The van der Waals surface area contributed by atoms with E-state index in [1.165, 1.54) is 11.3 Å². The average molecular weight is 606 g/mol. The Kier molecular flexibility index (Phi) is 11.2. The normalized spacial score (nSPS) is 14.5. The van der Waals surface area contributed by atoms with Gasteiger partial charge in [0.15, 0.2) is 0 Å². The second-order valence-corrected chi connectivity index (χ2v) is 12.9. The van der Waals surface area contributed by atoms with Crippen LogP contribution in [0.4, 0.5) is 5.69 Å². The maximum atomic E-state index is 14.2. The van der Waals surface area contributed by atoms with E-state index in [2.05, 4.69) is 5.32 Å². The van der Waals surface area contributed by atoms with Gasteiger partial charge in [-0.2, -0.15) is 0 Å². The minimum Gasteiger partial charge on any atom is -0.494 e. The lowest BCUT2D eigenvalue weighted by Gasteiger charge is -2.34. The summed E-state index contributed by atoms with van der Waals surface area (Å²) in [6.45, 7) is 5.82. The highest BCUT2D eigenvalue weighted by molar-refractivity contribution is 7.92. The van der Waals surface area contributed by atoms with Gasteiger partial charge in [-0.3, -0.25) is 13.9 Å². The average Bonchev–Trinajstić information content (AvgIpc) is 3.01. The molecule has 2 amide bonds. The number of aryl methyl sites for hydroxylation is 1. The van der Waals surface area contributed by atoms with Crippen LogP contribution >= 0.6 is 0 Å². The Hall–Kier alpha value is -3.85. The Morgan fingerprint density at radius 1 is 0.907 bits per heavy atom. The molecular formula is C34H43N3O5S. The van der Waals surface area contributed by atoms with Crippen LogP contribution < -0.4 is 14.4 Å². The van der Waals surface area contributed by atoms with Crippen LogP contribution in [-0.2, 0) is 26.2 Å². The van der Waals surface area contributed by atoms with Gasteiger partial charge >= 0.3 is 0 Å². The van der Waals surface area contributed by atoms with Crippen molar-refractivity contribution >= 4 is 27.5 Å². The predicted molar refractivity (Wildman–Crippen MR) is 169 cm³/mol. The number of benzene rings is 3. The summed E-state index contributed by atoms with van der Waals surface area (Å²) in [5.41, 5.74) is 2.11. The monoisotopic (exact) mass is 605 g/mol. The number of nitrogens with one attached hydrogen (secondary N) is 1. The van der Waals surface area contributed by atoms with E-state index in [-0.39, 0.29) is 23.4 Å². The molecule has 0 aliphatic heterocycles. The van der Waals surface area contributed by atoms with Crippen LogP contribution in [0.15, 0.2) is 83.8 Å². The largest absolute Gasteiger partial charge is 0.494 e. The molecule has 8 nitrogen and oxygen atoms in total. The second-order valence-electron chi connectivity index (χ2n) is 11.0. The lowest BCUT2D eigenvalue weighted by molar-refractivity contribution is -0.140. The van der Waals surface area contributed by atoms with Crippen LogP contribution in [0, 0.1) is 6.92 Å². The molecule has 4 rings (SSSR count). The fraction of sp³-hybridized carbons (Fsp3) is 0.412. The van der Waals surface area contributed by atoms with Crippen molar-refractivity contribution in [1.29, 1.82) is 0 Å². The number of sulfonamides is 1. The van der Waals surface area contributed by atoms with Crippen molar-refractivity contribution < 1.29 is 22.7 Å². The van der Waals surface area contributed by atoms with Crippen molar-refractivity contribution in [3.8, 4) is 5.75 Å². The van der Waals surface area contributed by atoms with E-state index in [1.54, 1.807) is 48.5 Å². The third-order valence-electron chi connectivity index (χ3n) is 7.86. The molecule has 1 aliphatic rings. The molecule has 1 aliphatic carbocycles. The molecule has 3 aromatic carbocycles. The smallest absolute Gasteiger partial charge is 0.264 e. The zero-order valence-electron chi connectivity index (χ0n) is 25.4. The van der Waals surface area contributed by atoms with E-state index in [0.29, 0.717) is 24.5 Å². The van der Waals surface area contributed by atoms with Gasteiger partial charge in [0.2, 0.25) is 11.8 Å². The van der Waals surface area contributed by atoms with Crippen LogP contribution in [0.1, 0.15) is 63.5 Å². The Morgan fingerprint density at radius 3 is 2.16 bits per heavy atom. The summed E-state index contributed by atoms with van der Waals surface area (Å²) in [7, 11) is -4.13. The molecule has 1 atom stereocenters. The molecule has 0 radical (unpaired) electrons. The lowest BCUT2D eigenvalue weighted by atomic mass is 9.95. The minimum absolute atomic E-state index is 0.0801. The molecule has 0 saturated heterocycles. The maximum Gasteiger partial charge on any atom is 0.264 e. The van der Waals surface area contributed by atoms with Crippen molar-refractivity contribution in [1.82, 2.24) is 10.2 Å². The first-order chi connectivity index (χ1) is 20.7. The van der Waals surface area contributed by atoms with E-state index >= 15 is 0 Å². The van der Waals surface area contributed by atoms with Gasteiger partial charge in [0.05, 0.1) is 17.2 Å². The molecule has 0 aromatic heterocycles. The first-order valence-corrected chi connectivity index (χ1v) is 16.6. The number of anilines is 1. The lowest BCUT2D eigenvalue weighted by Crippen LogP contribution is -2.54. The SMILES string of the molecule is CCOc1ccc(N(CC(=O)N(Cc2ccccc2)[C@H](CC)C(=O)NC2CCCCC2)S(=O)(=O)c2ccc(C)cc2)cc1. The van der Waals surface area contributed by atoms with Crippen molar-refractivity contribution in [3.63, 3.8) is 0 Å². The third-order valence-corrected chi connectivity index (χ3v) is 9.64. The van der Waals surface area contributed by atoms with Gasteiger partial charge in [0, 0.05) is 12.6 Å². The number of hydrogen-bond acceptors (Lipinski definition) is 5. The molecule has 3 aromatic rings. The summed E-state index contributed by atoms with van der Waals surface area (Å²) in [6, 6.07) is 22.0. The third kappa shape index (κ3) is 8.38. The second kappa shape index (κ2) is 15.0. The van der Waals surface area contributed by atoms with E-state index in [1.807, 2.05) is 51.1 Å². The number of carbonyl (C=O) groups excluding carboxylic acids is 2. The van der Waals surface area contributed by atoms with Gasteiger partial charge in [0.1, 0.15) is 18.3 Å². The van der Waals surface area contributed by atoms with Gasteiger partial charge in [-0.05, 0) is 75.1 Å². The summed E-state index contributed by atoms with van der Waals surface area (Å²) in [6.07, 6.45) is 5.55. The summed E-state index contributed by atoms with van der Waals surface area (Å²) in [5, 5.41) is 3.18. The zero-order chi connectivity index (χ0) is 30.8. The highest BCUT2D eigenvalue weighted by Crippen LogP contribution is 2.27. The number of nitrogens with zero attached hydrogens (tertiary/aromatic N) is 2. The number of carbonyl (C=O) groups is 2. The van der Waals surface area contributed by atoms with E-state index in [0.717, 1.165) is 41.1 Å². The molecule has 0 bridgehead atoms. The summed E-state index contributed by atoms with van der Waals surface area (Å²) in [4.78, 5) is 29.5. The fourth-order valence-electron chi connectivity index (χ4n) is 5.49. The van der Waals surface area contributed by atoms with Crippen molar-refractivity contribution in [2.45, 2.75) is 82.8 Å². The summed E-state index contributed by atoms with van der Waals surface area (Å²) in [5.74, 6) is -0.0619.